The van der Waals surface area contributed by atoms with E-state index in [1.54, 1.807) is 6.92 Å². The summed E-state index contributed by atoms with van der Waals surface area (Å²) >= 11 is 9.97. The van der Waals surface area contributed by atoms with Gasteiger partial charge >= 0.3 is 5.97 Å². The Hall–Kier alpha value is 0.910. The van der Waals surface area contributed by atoms with E-state index < -0.39 is 0 Å². The van der Waals surface area contributed by atoms with Gasteiger partial charge in [-0.1, -0.05) is 47.8 Å². The zero-order valence-electron chi connectivity index (χ0n) is 6.73. The van der Waals surface area contributed by atoms with Crippen molar-refractivity contribution in [2.24, 2.45) is 0 Å². The summed E-state index contributed by atoms with van der Waals surface area (Å²) in [5.41, 5.74) is 0. The summed E-state index contributed by atoms with van der Waals surface area (Å²) in [7, 11) is 0. The third kappa shape index (κ3) is 4.82. The predicted octanol–water partition coefficient (Wildman–Crippen LogP) is 2.86. The summed E-state index contributed by atoms with van der Waals surface area (Å²) in [6.07, 6.45) is 0.884. The molecule has 0 aliphatic heterocycles. The summed E-state index contributed by atoms with van der Waals surface area (Å²) in [5, 5.41) is 0.865. The highest BCUT2D eigenvalue weighted by Gasteiger charge is 2.23. The Labute approximate surface area is 97.8 Å². The molecule has 12 heavy (non-hydrogen) atoms. The van der Waals surface area contributed by atoms with E-state index in [0.717, 1.165) is 11.8 Å². The first kappa shape index (κ1) is 12.9. The van der Waals surface area contributed by atoms with E-state index in [4.69, 9.17) is 4.74 Å². The van der Waals surface area contributed by atoms with Crippen molar-refractivity contribution in [2.75, 3.05) is 11.9 Å². The second-order valence-electron chi connectivity index (χ2n) is 2.15. The van der Waals surface area contributed by atoms with Gasteiger partial charge in [0.05, 0.1) is 6.61 Å². The number of rotatable bonds is 5. The van der Waals surface area contributed by atoms with Crippen LogP contribution >= 0.6 is 47.8 Å². The summed E-state index contributed by atoms with van der Waals surface area (Å²) < 4.78 is 4.84. The lowest BCUT2D eigenvalue weighted by atomic mass is 10.2. The predicted molar refractivity (Wildman–Crippen MR) is 60.5 cm³/mol. The molecule has 0 bridgehead atoms. The number of alkyl halides is 3. The van der Waals surface area contributed by atoms with Gasteiger partial charge in [-0.05, 0) is 13.3 Å². The van der Waals surface area contributed by atoms with Crippen LogP contribution in [0.3, 0.4) is 0 Å². The van der Waals surface area contributed by atoms with Crippen LogP contribution < -0.4 is 0 Å². The van der Waals surface area contributed by atoms with Gasteiger partial charge in [-0.3, -0.25) is 4.79 Å². The molecule has 0 amide bonds. The zero-order valence-corrected chi connectivity index (χ0v) is 11.5. The number of hydrogen-bond donors (Lipinski definition) is 0. The van der Waals surface area contributed by atoms with Crippen molar-refractivity contribution in [3.05, 3.63) is 0 Å². The topological polar surface area (TPSA) is 26.3 Å². The number of carbonyl (C=O) groups is 1. The van der Waals surface area contributed by atoms with E-state index in [2.05, 4.69) is 47.8 Å². The Balaban J connectivity index is 3.82. The van der Waals surface area contributed by atoms with Gasteiger partial charge in [0, 0.05) is 10.2 Å². The molecule has 5 heteroatoms. The van der Waals surface area contributed by atoms with Crippen molar-refractivity contribution in [3.8, 4) is 0 Å². The normalized spacial score (nSPS) is 15.3. The lowest BCUT2D eigenvalue weighted by molar-refractivity contribution is -0.142. The molecule has 0 heterocycles. The standard InChI is InChI=1S/C7H11Br3O2/c1-2-12-7(11)6(10)5(9)3-4-8/h5-6H,2-4H2,1H3. The second kappa shape index (κ2) is 7.33. The summed E-state index contributed by atoms with van der Waals surface area (Å²) in [6.45, 7) is 2.22. The van der Waals surface area contributed by atoms with Crippen LogP contribution in [0.25, 0.3) is 0 Å². The fraction of sp³-hybridized carbons (Fsp3) is 0.857. The molecule has 0 aliphatic rings. The number of halogens is 3. The largest absolute Gasteiger partial charge is 0.465 e. The van der Waals surface area contributed by atoms with Gasteiger partial charge in [0.1, 0.15) is 4.83 Å². The molecule has 0 N–H and O–H groups in total. The lowest BCUT2D eigenvalue weighted by Gasteiger charge is -2.13. The first-order valence-corrected chi connectivity index (χ1v) is 6.59. The first-order valence-electron chi connectivity index (χ1n) is 3.64. The summed E-state index contributed by atoms with van der Waals surface area (Å²) in [4.78, 5) is 11.0. The monoisotopic (exact) mass is 364 g/mol. The SMILES string of the molecule is CCOC(=O)C(Br)C(Br)CCBr. The molecule has 0 radical (unpaired) electrons. The van der Waals surface area contributed by atoms with E-state index in [0.29, 0.717) is 6.61 Å². The first-order chi connectivity index (χ1) is 5.63. The Morgan fingerprint density at radius 3 is 2.50 bits per heavy atom. The van der Waals surface area contributed by atoms with Gasteiger partial charge in [-0.2, -0.15) is 0 Å². The van der Waals surface area contributed by atoms with Gasteiger partial charge in [0.25, 0.3) is 0 Å². The van der Waals surface area contributed by atoms with Crippen LogP contribution in [0.5, 0.6) is 0 Å². The number of ether oxygens (including phenoxy) is 1. The van der Waals surface area contributed by atoms with Crippen molar-refractivity contribution in [3.63, 3.8) is 0 Å². The minimum absolute atomic E-state index is 0.121. The molecule has 0 aromatic carbocycles. The summed E-state index contributed by atoms with van der Waals surface area (Å²) in [6, 6.07) is 0. The van der Waals surface area contributed by atoms with Crippen LogP contribution in [0.1, 0.15) is 13.3 Å². The van der Waals surface area contributed by atoms with Crippen molar-refractivity contribution >= 4 is 53.8 Å². The van der Waals surface area contributed by atoms with Crippen LogP contribution in [-0.4, -0.2) is 27.6 Å². The highest BCUT2D eigenvalue weighted by Crippen LogP contribution is 2.19. The molecule has 2 unspecified atom stereocenters. The molecule has 0 saturated carbocycles. The quantitative estimate of drug-likeness (QED) is 0.552. The minimum atomic E-state index is -0.255. The molecular weight excluding hydrogens is 356 g/mol. The molecule has 2 nitrogen and oxygen atoms in total. The molecule has 0 aromatic heterocycles. The number of carbonyl (C=O) groups excluding carboxylic acids is 1. The fourth-order valence-corrected chi connectivity index (χ4v) is 2.57. The van der Waals surface area contributed by atoms with Crippen LogP contribution in [-0.2, 0) is 9.53 Å². The van der Waals surface area contributed by atoms with E-state index in [9.17, 15) is 4.79 Å². The van der Waals surface area contributed by atoms with Crippen LogP contribution in [0.4, 0.5) is 0 Å². The average molecular weight is 367 g/mol. The third-order valence-corrected chi connectivity index (χ3v) is 4.38. The Morgan fingerprint density at radius 1 is 1.50 bits per heavy atom. The molecule has 72 valence electrons. The van der Waals surface area contributed by atoms with Gasteiger partial charge in [0.2, 0.25) is 0 Å². The number of esters is 1. The maximum Gasteiger partial charge on any atom is 0.320 e. The van der Waals surface area contributed by atoms with Crippen molar-refractivity contribution in [1.29, 1.82) is 0 Å². The van der Waals surface area contributed by atoms with Gasteiger partial charge in [-0.15, -0.1) is 0 Å². The van der Waals surface area contributed by atoms with Crippen molar-refractivity contribution in [1.82, 2.24) is 0 Å². The maximum atomic E-state index is 11.1. The Morgan fingerprint density at radius 2 is 2.08 bits per heavy atom. The highest BCUT2D eigenvalue weighted by molar-refractivity contribution is 9.12. The second-order valence-corrected chi connectivity index (χ2v) is 5.10. The van der Waals surface area contributed by atoms with Crippen LogP contribution in [0.2, 0.25) is 0 Å². The van der Waals surface area contributed by atoms with Crippen molar-refractivity contribution < 1.29 is 9.53 Å². The van der Waals surface area contributed by atoms with E-state index in [1.807, 2.05) is 0 Å². The number of hydrogen-bond acceptors (Lipinski definition) is 2. The van der Waals surface area contributed by atoms with E-state index in [1.165, 1.54) is 0 Å². The van der Waals surface area contributed by atoms with E-state index >= 15 is 0 Å². The van der Waals surface area contributed by atoms with Gasteiger partial charge in [0.15, 0.2) is 0 Å². The average Bonchev–Trinajstić information content (AvgIpc) is 2.04. The van der Waals surface area contributed by atoms with Crippen LogP contribution in [0.15, 0.2) is 0 Å². The molecule has 0 saturated heterocycles. The summed E-state index contributed by atoms with van der Waals surface area (Å²) in [5.74, 6) is -0.208. The molecule has 0 fully saturated rings. The fourth-order valence-electron chi connectivity index (χ4n) is 0.620. The lowest BCUT2D eigenvalue weighted by Crippen LogP contribution is -2.26. The van der Waals surface area contributed by atoms with Crippen LogP contribution in [0, 0.1) is 0 Å². The Bertz CT molecular complexity index is 141. The zero-order chi connectivity index (χ0) is 9.56. The molecule has 0 rings (SSSR count). The highest BCUT2D eigenvalue weighted by atomic mass is 79.9. The van der Waals surface area contributed by atoms with Gasteiger partial charge < -0.3 is 4.74 Å². The molecule has 0 spiro atoms. The molecule has 0 aliphatic carbocycles. The molecular formula is C7H11Br3O2. The van der Waals surface area contributed by atoms with E-state index in [-0.39, 0.29) is 15.6 Å². The molecule has 2 atom stereocenters. The van der Waals surface area contributed by atoms with Gasteiger partial charge in [-0.25, -0.2) is 0 Å². The smallest absolute Gasteiger partial charge is 0.320 e. The molecule has 0 aromatic rings. The third-order valence-electron chi connectivity index (χ3n) is 1.21. The minimum Gasteiger partial charge on any atom is -0.465 e. The Kier molecular flexibility index (Phi) is 7.88. The van der Waals surface area contributed by atoms with Crippen molar-refractivity contribution in [2.45, 2.75) is 23.0 Å². The maximum absolute atomic E-state index is 11.1.